The van der Waals surface area contributed by atoms with Gasteiger partial charge in [0.2, 0.25) is 0 Å². The second kappa shape index (κ2) is 21.1. The van der Waals surface area contributed by atoms with E-state index < -0.39 is 24.2 Å². The molecule has 8 heteroatoms. The second-order valence-electron chi connectivity index (χ2n) is 15.0. The first-order valence-electron chi connectivity index (χ1n) is 20.9. The molecule has 0 atom stereocenters. The molecule has 58 heavy (non-hydrogen) atoms. The van der Waals surface area contributed by atoms with Crippen LogP contribution in [0.4, 0.5) is 5.69 Å². The summed E-state index contributed by atoms with van der Waals surface area (Å²) in [6, 6.07) is 53.4. The lowest BCUT2D eigenvalue weighted by atomic mass is 10.1. The van der Waals surface area contributed by atoms with Crippen molar-refractivity contribution in [3.63, 3.8) is 0 Å². The van der Waals surface area contributed by atoms with Crippen LogP contribution in [0.15, 0.2) is 133 Å². The molecule has 0 spiro atoms. The first kappa shape index (κ1) is 43.2. The number of unbranched alkanes of at least 4 members (excludes halogenated alkanes) is 3. The van der Waals surface area contributed by atoms with Gasteiger partial charge in [0, 0.05) is 26.6 Å². The number of nitrogens with zero attached hydrogens (tertiary/aromatic N) is 1. The van der Waals surface area contributed by atoms with E-state index in [9.17, 15) is 0 Å². The molecule has 0 fully saturated rings. The summed E-state index contributed by atoms with van der Waals surface area (Å²) in [7, 11) is 2.72. The van der Waals surface area contributed by atoms with Crippen molar-refractivity contribution >= 4 is 67.1 Å². The normalized spacial score (nSPS) is 11.6. The average molecular weight is 830 g/mol. The number of hydrogen-bond donors (Lipinski definition) is 0. The zero-order chi connectivity index (χ0) is 40.9. The number of methoxy groups -OCH3 is 4. The molecule has 0 heterocycles. The third-order valence-electron chi connectivity index (χ3n) is 11.4. The van der Waals surface area contributed by atoms with Gasteiger partial charge in [-0.25, -0.2) is 0 Å². The van der Waals surface area contributed by atoms with Crippen LogP contribution in [0.2, 0.25) is 18.1 Å². The van der Waals surface area contributed by atoms with Crippen molar-refractivity contribution in [1.82, 2.24) is 0 Å². The third-order valence-corrected chi connectivity index (χ3v) is 22.3. The van der Waals surface area contributed by atoms with Crippen LogP contribution in [0.1, 0.15) is 59.3 Å². The van der Waals surface area contributed by atoms with Gasteiger partial charge in [0.1, 0.15) is 23.0 Å². The largest absolute Gasteiger partial charge is 0.497 e. The van der Waals surface area contributed by atoms with E-state index in [2.05, 4.69) is 159 Å². The van der Waals surface area contributed by atoms with E-state index >= 15 is 0 Å². The lowest BCUT2D eigenvalue weighted by Gasteiger charge is -2.42. The predicted octanol–water partition coefficient (Wildman–Crippen LogP) is 11.8. The Morgan fingerprint density at radius 3 is 1.05 bits per heavy atom. The molecule has 6 aromatic carbocycles. The molecule has 0 aliphatic carbocycles. The monoisotopic (exact) mass is 829 g/mol. The molecule has 0 saturated heterocycles. The maximum absolute atomic E-state index is 5.71. The standard InChI is InChI=1S/C50H61NO4P2Si/c1-8-11-36-58(37-12-9-2,38-13-10-3)50-35-34-49(47-16-14-15-17-48(47)50)51(56(43-26-18-39(52-4)19-27-43)44-28-20-40(53-5)21-29-44)57(45-30-22-41(54-6)23-31-45)46-32-24-42(55-7)25-33-46/h14-35H,8-13,36-38H2,1-7H3. The molecule has 0 N–H and O–H groups in total. The van der Waals surface area contributed by atoms with Gasteiger partial charge in [-0.3, -0.25) is 0 Å². The summed E-state index contributed by atoms with van der Waals surface area (Å²) in [6.07, 6.45) is 7.59. The smallest absolute Gasteiger partial charge is 0.118 e. The average Bonchev–Trinajstić information content (AvgIpc) is 3.29. The summed E-state index contributed by atoms with van der Waals surface area (Å²) in [6.45, 7) is 7.08. The molecular weight excluding hydrogens is 769 g/mol. The fraction of sp³-hybridized carbons (Fsp3) is 0.320. The van der Waals surface area contributed by atoms with Gasteiger partial charge >= 0.3 is 0 Å². The summed E-state index contributed by atoms with van der Waals surface area (Å²) >= 11 is 0. The second-order valence-corrected chi connectivity index (χ2v) is 24.0. The maximum atomic E-state index is 5.71. The Labute approximate surface area is 351 Å². The zero-order valence-corrected chi connectivity index (χ0v) is 38.3. The van der Waals surface area contributed by atoms with Crippen molar-refractivity contribution in [2.75, 3.05) is 32.9 Å². The summed E-state index contributed by atoms with van der Waals surface area (Å²) < 4.78 is 25.6. The van der Waals surface area contributed by atoms with Crippen LogP contribution in [0, 0.1) is 0 Å². The molecule has 304 valence electrons. The Morgan fingerprint density at radius 2 is 0.741 bits per heavy atom. The Kier molecular flexibility index (Phi) is 15.7. The zero-order valence-electron chi connectivity index (χ0n) is 35.5. The minimum Gasteiger partial charge on any atom is -0.497 e. The van der Waals surface area contributed by atoms with Gasteiger partial charge in [-0.1, -0.05) is 113 Å². The van der Waals surface area contributed by atoms with Crippen LogP contribution < -0.4 is 49.8 Å². The fourth-order valence-corrected chi connectivity index (χ4v) is 20.0. The summed E-state index contributed by atoms with van der Waals surface area (Å²) in [5, 5.41) is 9.35. The van der Waals surface area contributed by atoms with Crippen molar-refractivity contribution in [2.45, 2.75) is 77.4 Å². The van der Waals surface area contributed by atoms with Crippen molar-refractivity contribution in [2.24, 2.45) is 0 Å². The molecule has 0 aliphatic heterocycles. The highest BCUT2D eigenvalue weighted by molar-refractivity contribution is 7.90. The number of fused-ring (bicyclic) bond motifs is 1. The first-order chi connectivity index (χ1) is 28.4. The van der Waals surface area contributed by atoms with Crippen molar-refractivity contribution in [3.8, 4) is 23.0 Å². The van der Waals surface area contributed by atoms with E-state index in [1.807, 2.05) is 0 Å². The lowest BCUT2D eigenvalue weighted by Crippen LogP contribution is -2.48. The van der Waals surface area contributed by atoms with Crippen LogP contribution in [-0.2, 0) is 0 Å². The molecule has 0 aliphatic rings. The van der Waals surface area contributed by atoms with Crippen molar-refractivity contribution in [3.05, 3.63) is 133 Å². The van der Waals surface area contributed by atoms with Gasteiger partial charge in [0.05, 0.1) is 58.3 Å². The number of rotatable bonds is 21. The molecule has 0 aromatic heterocycles. The van der Waals surface area contributed by atoms with Gasteiger partial charge in [0.25, 0.3) is 0 Å². The summed E-state index contributed by atoms with van der Waals surface area (Å²) in [5.41, 5.74) is 1.25. The third kappa shape index (κ3) is 9.74. The maximum Gasteiger partial charge on any atom is 0.118 e. The van der Waals surface area contributed by atoms with E-state index in [-0.39, 0.29) is 0 Å². The highest BCUT2D eigenvalue weighted by Crippen LogP contribution is 2.58. The Hall–Kier alpha value is -4.34. The minimum atomic E-state index is -1.87. The highest BCUT2D eigenvalue weighted by atomic mass is 31.2. The fourth-order valence-electron chi connectivity index (χ4n) is 8.18. The molecule has 6 rings (SSSR count). The number of ether oxygens (including phenoxy) is 4. The molecule has 0 amide bonds. The highest BCUT2D eigenvalue weighted by Gasteiger charge is 2.38. The molecular formula is C50H61NO4P2Si. The van der Waals surface area contributed by atoms with Crippen LogP contribution in [0.25, 0.3) is 10.8 Å². The van der Waals surface area contributed by atoms with E-state index in [1.54, 1.807) is 33.6 Å². The molecule has 6 aromatic rings. The SMILES string of the molecule is CCCC[Si](CCCC)(CCCC)c1ccc(N(P(c2ccc(OC)cc2)c2ccc(OC)cc2)P(c2ccc(OC)cc2)c2ccc(OC)cc2)c2ccccc12. The van der Waals surface area contributed by atoms with E-state index in [1.165, 1.54) is 94.3 Å². The number of hydrogen-bond acceptors (Lipinski definition) is 5. The van der Waals surface area contributed by atoms with E-state index in [0.29, 0.717) is 0 Å². The minimum absolute atomic E-state index is 0.842. The molecule has 0 radical (unpaired) electrons. The Morgan fingerprint density at radius 1 is 0.414 bits per heavy atom. The van der Waals surface area contributed by atoms with Crippen LogP contribution >= 0.6 is 16.1 Å². The Balaban J connectivity index is 1.72. The molecule has 0 unspecified atom stereocenters. The van der Waals surface area contributed by atoms with Crippen molar-refractivity contribution < 1.29 is 18.9 Å². The molecule has 0 bridgehead atoms. The van der Waals surface area contributed by atoms with E-state index in [0.717, 1.165) is 23.0 Å². The quantitative estimate of drug-likeness (QED) is 0.0534. The lowest BCUT2D eigenvalue weighted by molar-refractivity contribution is 0.415. The van der Waals surface area contributed by atoms with Crippen LogP contribution in [0.3, 0.4) is 0 Å². The number of anilines is 1. The van der Waals surface area contributed by atoms with Crippen LogP contribution in [-0.4, -0.2) is 36.5 Å². The van der Waals surface area contributed by atoms with E-state index in [4.69, 9.17) is 18.9 Å². The van der Waals surface area contributed by atoms with Gasteiger partial charge in [0.15, 0.2) is 0 Å². The van der Waals surface area contributed by atoms with Gasteiger partial charge in [-0.15, -0.1) is 0 Å². The van der Waals surface area contributed by atoms with Crippen LogP contribution in [0.5, 0.6) is 23.0 Å². The molecule has 5 nitrogen and oxygen atoms in total. The van der Waals surface area contributed by atoms with Gasteiger partial charge in [-0.05, 0) is 109 Å². The topological polar surface area (TPSA) is 40.2 Å². The summed E-state index contributed by atoms with van der Waals surface area (Å²) in [4.78, 5) is 0. The van der Waals surface area contributed by atoms with Gasteiger partial charge < -0.3 is 23.4 Å². The number of benzene rings is 6. The van der Waals surface area contributed by atoms with Gasteiger partial charge in [-0.2, -0.15) is 0 Å². The van der Waals surface area contributed by atoms with Crippen molar-refractivity contribution in [1.29, 1.82) is 0 Å². The summed E-state index contributed by atoms with van der Waals surface area (Å²) in [5.74, 6) is 3.37. The first-order valence-corrected chi connectivity index (χ1v) is 26.1. The predicted molar refractivity (Wildman–Crippen MR) is 255 cm³/mol. The molecule has 0 saturated carbocycles. The Bertz CT molecular complexity index is 1950.